The van der Waals surface area contributed by atoms with Crippen LogP contribution in [0, 0.1) is 5.82 Å². The molecule has 1 aromatic heterocycles. The van der Waals surface area contributed by atoms with Crippen LogP contribution in [0.15, 0.2) is 23.1 Å². The number of benzene rings is 1. The predicted molar refractivity (Wildman–Crippen MR) is 90.8 cm³/mol. The number of nitrogens with zero attached hydrogens (tertiary/aromatic N) is 1. The van der Waals surface area contributed by atoms with Gasteiger partial charge in [0.15, 0.2) is 0 Å². The lowest BCUT2D eigenvalue weighted by molar-refractivity contribution is 0.628. The predicted octanol–water partition coefficient (Wildman–Crippen LogP) is 4.90. The maximum absolute atomic E-state index is 14.3. The first-order valence-electron chi connectivity index (χ1n) is 7.11. The molecule has 0 amide bonds. The summed E-state index contributed by atoms with van der Waals surface area (Å²) in [6, 6.07) is 5.21. The fourth-order valence-corrected chi connectivity index (χ4v) is 4.09. The Balaban J connectivity index is 2.50. The lowest BCUT2D eigenvalue weighted by Gasteiger charge is -2.05. The van der Waals surface area contributed by atoms with Gasteiger partial charge in [-0.15, -0.1) is 23.1 Å². The van der Waals surface area contributed by atoms with Gasteiger partial charge in [-0.3, -0.25) is 0 Å². The van der Waals surface area contributed by atoms with Gasteiger partial charge in [0.25, 0.3) is 0 Å². The van der Waals surface area contributed by atoms with Gasteiger partial charge in [-0.2, -0.15) is 0 Å². The standard InChI is InChI=1S/C16H21FN2S2/c1-5-18-9-13-15(10(2)3)19-16(21-13)14-11(17)7-6-8-12(14)20-4/h6-8,10,18H,5,9H2,1-4H3. The van der Waals surface area contributed by atoms with Crippen LogP contribution in [-0.4, -0.2) is 17.8 Å². The third-order valence-electron chi connectivity index (χ3n) is 3.22. The van der Waals surface area contributed by atoms with E-state index in [9.17, 15) is 4.39 Å². The van der Waals surface area contributed by atoms with E-state index in [4.69, 9.17) is 4.98 Å². The highest BCUT2D eigenvalue weighted by Crippen LogP contribution is 2.37. The minimum atomic E-state index is -0.194. The van der Waals surface area contributed by atoms with Gasteiger partial charge in [0, 0.05) is 16.3 Å². The van der Waals surface area contributed by atoms with Crippen LogP contribution in [0.3, 0.4) is 0 Å². The normalized spacial score (nSPS) is 11.3. The van der Waals surface area contributed by atoms with E-state index in [0.29, 0.717) is 11.5 Å². The third kappa shape index (κ3) is 3.65. The smallest absolute Gasteiger partial charge is 0.134 e. The molecule has 0 atom stereocenters. The summed E-state index contributed by atoms with van der Waals surface area (Å²) in [4.78, 5) is 6.87. The molecule has 0 spiro atoms. The Kier molecular flexibility index (Phi) is 5.79. The van der Waals surface area contributed by atoms with E-state index in [1.807, 2.05) is 12.3 Å². The summed E-state index contributed by atoms with van der Waals surface area (Å²) in [7, 11) is 0. The van der Waals surface area contributed by atoms with Gasteiger partial charge in [0.2, 0.25) is 0 Å². The maximum atomic E-state index is 14.3. The van der Waals surface area contributed by atoms with Crippen molar-refractivity contribution in [2.45, 2.75) is 38.1 Å². The van der Waals surface area contributed by atoms with Crippen LogP contribution < -0.4 is 5.32 Å². The van der Waals surface area contributed by atoms with Crippen molar-refractivity contribution < 1.29 is 4.39 Å². The van der Waals surface area contributed by atoms with Crippen molar-refractivity contribution in [3.8, 4) is 10.6 Å². The first kappa shape index (κ1) is 16.5. The topological polar surface area (TPSA) is 24.9 Å². The molecule has 5 heteroatoms. The van der Waals surface area contributed by atoms with Crippen molar-refractivity contribution in [3.05, 3.63) is 34.6 Å². The number of hydrogen-bond donors (Lipinski definition) is 1. The van der Waals surface area contributed by atoms with Crippen LogP contribution in [-0.2, 0) is 6.54 Å². The lowest BCUT2D eigenvalue weighted by Crippen LogP contribution is -2.12. The molecule has 0 fully saturated rings. The van der Waals surface area contributed by atoms with Crippen molar-refractivity contribution in [3.63, 3.8) is 0 Å². The first-order chi connectivity index (χ1) is 10.1. The van der Waals surface area contributed by atoms with Crippen LogP contribution in [0.4, 0.5) is 4.39 Å². The van der Waals surface area contributed by atoms with Gasteiger partial charge in [-0.05, 0) is 30.9 Å². The molecule has 1 N–H and O–H groups in total. The van der Waals surface area contributed by atoms with E-state index >= 15 is 0 Å². The summed E-state index contributed by atoms with van der Waals surface area (Å²) < 4.78 is 14.3. The highest BCUT2D eigenvalue weighted by atomic mass is 32.2. The van der Waals surface area contributed by atoms with E-state index in [-0.39, 0.29) is 5.82 Å². The zero-order valence-corrected chi connectivity index (χ0v) is 14.5. The Labute approximate surface area is 134 Å². The second-order valence-electron chi connectivity index (χ2n) is 5.08. The van der Waals surface area contributed by atoms with Crippen molar-refractivity contribution in [2.75, 3.05) is 12.8 Å². The lowest BCUT2D eigenvalue weighted by atomic mass is 10.1. The van der Waals surface area contributed by atoms with E-state index < -0.39 is 0 Å². The Hall–Kier alpha value is -0.910. The van der Waals surface area contributed by atoms with Gasteiger partial charge < -0.3 is 5.32 Å². The zero-order valence-electron chi connectivity index (χ0n) is 12.9. The Bertz CT molecular complexity index is 608. The highest BCUT2D eigenvalue weighted by molar-refractivity contribution is 7.98. The van der Waals surface area contributed by atoms with E-state index in [1.165, 1.54) is 10.9 Å². The van der Waals surface area contributed by atoms with E-state index in [2.05, 4.69) is 26.1 Å². The molecule has 114 valence electrons. The molecule has 2 aromatic rings. The fraction of sp³-hybridized carbons (Fsp3) is 0.438. The number of aromatic nitrogens is 1. The Morgan fingerprint density at radius 3 is 2.76 bits per heavy atom. The maximum Gasteiger partial charge on any atom is 0.134 e. The molecule has 0 saturated heterocycles. The second-order valence-corrected chi connectivity index (χ2v) is 7.01. The van der Waals surface area contributed by atoms with Crippen LogP contribution in [0.25, 0.3) is 10.6 Å². The number of thiazole rings is 1. The number of hydrogen-bond acceptors (Lipinski definition) is 4. The monoisotopic (exact) mass is 324 g/mol. The summed E-state index contributed by atoms with van der Waals surface area (Å²) in [5.41, 5.74) is 1.71. The minimum Gasteiger partial charge on any atom is -0.312 e. The minimum absolute atomic E-state index is 0.194. The van der Waals surface area contributed by atoms with Crippen LogP contribution >= 0.6 is 23.1 Å². The summed E-state index contributed by atoms with van der Waals surface area (Å²) >= 11 is 3.15. The van der Waals surface area contributed by atoms with E-state index in [0.717, 1.165) is 28.7 Å². The molecule has 1 aromatic carbocycles. The number of thioether (sulfide) groups is 1. The molecule has 2 rings (SSSR count). The number of rotatable bonds is 6. The van der Waals surface area contributed by atoms with Crippen LogP contribution in [0.2, 0.25) is 0 Å². The van der Waals surface area contributed by atoms with Crippen LogP contribution in [0.5, 0.6) is 0 Å². The molecular formula is C16H21FN2S2. The third-order valence-corrected chi connectivity index (χ3v) is 5.09. The van der Waals surface area contributed by atoms with Crippen molar-refractivity contribution in [2.24, 2.45) is 0 Å². The molecule has 0 radical (unpaired) electrons. The molecule has 0 aliphatic carbocycles. The summed E-state index contributed by atoms with van der Waals surface area (Å²) in [6.07, 6.45) is 1.97. The molecule has 0 saturated carbocycles. The van der Waals surface area contributed by atoms with Crippen molar-refractivity contribution in [1.82, 2.24) is 10.3 Å². The summed E-state index contributed by atoms with van der Waals surface area (Å²) in [5, 5.41) is 4.13. The summed E-state index contributed by atoms with van der Waals surface area (Å²) in [6.45, 7) is 8.06. The largest absolute Gasteiger partial charge is 0.312 e. The molecule has 21 heavy (non-hydrogen) atoms. The molecule has 0 aliphatic rings. The first-order valence-corrected chi connectivity index (χ1v) is 9.15. The van der Waals surface area contributed by atoms with Crippen molar-refractivity contribution >= 4 is 23.1 Å². The average Bonchev–Trinajstić information content (AvgIpc) is 2.88. The SMILES string of the molecule is CCNCc1sc(-c2c(F)cccc2SC)nc1C(C)C. The van der Waals surface area contributed by atoms with E-state index in [1.54, 1.807) is 29.2 Å². The van der Waals surface area contributed by atoms with Gasteiger partial charge in [-0.1, -0.05) is 26.8 Å². The Morgan fingerprint density at radius 1 is 1.38 bits per heavy atom. The highest BCUT2D eigenvalue weighted by Gasteiger charge is 2.19. The Morgan fingerprint density at radius 2 is 2.14 bits per heavy atom. The second kappa shape index (κ2) is 7.38. The number of halogens is 1. The molecular weight excluding hydrogens is 303 g/mol. The molecule has 0 unspecified atom stereocenters. The zero-order chi connectivity index (χ0) is 15.4. The molecule has 2 nitrogen and oxygen atoms in total. The van der Waals surface area contributed by atoms with Gasteiger partial charge >= 0.3 is 0 Å². The molecule has 0 bridgehead atoms. The molecule has 1 heterocycles. The molecule has 0 aliphatic heterocycles. The average molecular weight is 324 g/mol. The van der Waals surface area contributed by atoms with Gasteiger partial charge in [-0.25, -0.2) is 9.37 Å². The van der Waals surface area contributed by atoms with Crippen LogP contribution in [0.1, 0.15) is 37.3 Å². The van der Waals surface area contributed by atoms with Gasteiger partial charge in [0.05, 0.1) is 11.3 Å². The van der Waals surface area contributed by atoms with Crippen molar-refractivity contribution in [1.29, 1.82) is 0 Å². The quantitative estimate of drug-likeness (QED) is 0.765. The number of nitrogens with one attached hydrogen (secondary N) is 1. The fourth-order valence-electron chi connectivity index (χ4n) is 2.17. The van der Waals surface area contributed by atoms with Gasteiger partial charge in [0.1, 0.15) is 10.8 Å². The summed E-state index contributed by atoms with van der Waals surface area (Å²) in [5.74, 6) is 0.147.